The second kappa shape index (κ2) is 25.7. The molecule has 10 N–H and O–H groups in total. The van der Waals surface area contributed by atoms with E-state index in [1.165, 1.54) is 22.9 Å². The van der Waals surface area contributed by atoms with E-state index in [0.717, 1.165) is 0 Å². The molecule has 1 heterocycles. The van der Waals surface area contributed by atoms with Crippen molar-refractivity contribution in [1.82, 2.24) is 46.9 Å². The monoisotopic (exact) mass is 807 g/mol. The highest BCUT2D eigenvalue weighted by atomic mass is 19.1. The van der Waals surface area contributed by atoms with Crippen LogP contribution in [0.15, 0.2) is 24.4 Å². The fraction of sp³-hybridized carbons (Fsp3) is 0.543. The number of hydrogen-bond acceptors (Lipinski definition) is 10. The van der Waals surface area contributed by atoms with Gasteiger partial charge < -0.3 is 52.3 Å². The molecule has 21 nitrogen and oxygen atoms in total. The van der Waals surface area contributed by atoms with Gasteiger partial charge in [0.05, 0.1) is 24.3 Å². The molecule has 0 fully saturated rings. The first-order valence-electron chi connectivity index (χ1n) is 18.4. The maximum Gasteiger partial charge on any atom is 0.326 e. The number of carbonyl (C=O) groups excluding carboxylic acids is 4. The molecule has 0 saturated heterocycles. The molecule has 0 saturated carbocycles. The lowest BCUT2D eigenvalue weighted by molar-refractivity contribution is -0.142. The Kier molecular flexibility index (Phi) is 21.1. The number of aromatic nitrogens is 3. The Bertz CT molecular complexity index is 1600. The molecule has 6 amide bonds. The van der Waals surface area contributed by atoms with Crippen LogP contribution in [0.5, 0.6) is 0 Å². The first-order chi connectivity index (χ1) is 27.2. The molecule has 2 aromatic rings. The molecule has 0 aliphatic heterocycles. The lowest BCUT2D eigenvalue weighted by atomic mass is 10.1. The van der Waals surface area contributed by atoms with Crippen LogP contribution in [0.4, 0.5) is 14.0 Å². The number of nitrogens with zero attached hydrogens (tertiary/aromatic N) is 3. The van der Waals surface area contributed by atoms with E-state index in [-0.39, 0.29) is 56.6 Å². The van der Waals surface area contributed by atoms with E-state index in [1.54, 1.807) is 6.20 Å². The number of carboxylic acids is 4. The van der Waals surface area contributed by atoms with Gasteiger partial charge in [0.2, 0.25) is 0 Å². The quantitative estimate of drug-likeness (QED) is 0.0541. The number of carboxylic acid groups (broad SMARTS) is 4. The molecule has 0 radical (unpaired) electrons. The molecular weight excluding hydrogens is 757 g/mol. The van der Waals surface area contributed by atoms with Crippen molar-refractivity contribution >= 4 is 47.8 Å². The summed E-state index contributed by atoms with van der Waals surface area (Å²) in [6, 6.07) is 0.282. The summed E-state index contributed by atoms with van der Waals surface area (Å²) in [5, 5.41) is 58.9. The summed E-state index contributed by atoms with van der Waals surface area (Å²) in [6.45, 7) is 0.391. The first kappa shape index (κ1) is 46.8. The Morgan fingerprint density at radius 3 is 1.46 bits per heavy atom. The molecule has 1 aromatic carbocycles. The van der Waals surface area contributed by atoms with Crippen LogP contribution in [0, 0.1) is 0 Å². The molecule has 57 heavy (non-hydrogen) atoms. The van der Waals surface area contributed by atoms with Gasteiger partial charge >= 0.3 is 35.9 Å². The largest absolute Gasteiger partial charge is 0.481 e. The van der Waals surface area contributed by atoms with Crippen LogP contribution in [0.25, 0.3) is 5.69 Å². The molecule has 0 spiro atoms. The summed E-state index contributed by atoms with van der Waals surface area (Å²) in [5.74, 6) is -6.02. The molecule has 2 atom stereocenters. The number of halogens is 1. The van der Waals surface area contributed by atoms with Crippen molar-refractivity contribution in [3.05, 3.63) is 41.2 Å². The van der Waals surface area contributed by atoms with Crippen LogP contribution < -0.4 is 31.9 Å². The Balaban J connectivity index is 1.88. The molecule has 22 heteroatoms. The van der Waals surface area contributed by atoms with Crippen molar-refractivity contribution in [2.45, 2.75) is 89.1 Å². The van der Waals surface area contributed by atoms with E-state index in [9.17, 15) is 42.7 Å². The highest BCUT2D eigenvalue weighted by Crippen LogP contribution is 2.16. The minimum absolute atomic E-state index is 0.158. The maximum atomic E-state index is 13.2. The molecule has 0 aliphatic carbocycles. The zero-order valence-electron chi connectivity index (χ0n) is 31.3. The van der Waals surface area contributed by atoms with Crippen molar-refractivity contribution in [2.75, 3.05) is 32.9 Å². The van der Waals surface area contributed by atoms with E-state index in [1.807, 2.05) is 0 Å². The number of aryl methyl sites for hydroxylation is 1. The van der Waals surface area contributed by atoms with Crippen molar-refractivity contribution in [1.29, 1.82) is 0 Å². The maximum absolute atomic E-state index is 13.2. The van der Waals surface area contributed by atoms with Crippen LogP contribution in [-0.2, 0) is 25.6 Å². The zero-order valence-corrected chi connectivity index (χ0v) is 31.3. The predicted octanol–water partition coefficient (Wildman–Crippen LogP) is 1.20. The molecule has 0 aliphatic rings. The molecule has 1 unspecified atom stereocenters. The van der Waals surface area contributed by atoms with Gasteiger partial charge in [-0.15, -0.1) is 5.10 Å². The number of hydrogen-bond donors (Lipinski definition) is 10. The zero-order chi connectivity index (χ0) is 42.2. The van der Waals surface area contributed by atoms with Crippen LogP contribution in [0.2, 0.25) is 0 Å². The SMILES string of the molecule is O=C(O)CCC(NC(=O)NCCCCCNC(=O)c1cc(C(=O)NCCCCCNC(=O)N[C@@H](CCC(=O)O)C(=O)O)cc(-n2cc(CCCF)nn2)c1)C(=O)O. The Hall–Kier alpha value is -6.35. The molecule has 1 aromatic heterocycles. The van der Waals surface area contributed by atoms with Gasteiger partial charge in [-0.2, -0.15) is 0 Å². The third-order valence-electron chi connectivity index (χ3n) is 8.16. The molecule has 2 rings (SSSR count). The second-order valence-electron chi connectivity index (χ2n) is 12.8. The van der Waals surface area contributed by atoms with Gasteiger partial charge in [-0.25, -0.2) is 23.9 Å². The van der Waals surface area contributed by atoms with E-state index < -0.39 is 79.4 Å². The van der Waals surface area contributed by atoms with E-state index in [0.29, 0.717) is 56.3 Å². The average Bonchev–Trinajstić information content (AvgIpc) is 3.64. The van der Waals surface area contributed by atoms with Gasteiger partial charge in [0.15, 0.2) is 0 Å². The van der Waals surface area contributed by atoms with Crippen molar-refractivity contribution in [3.8, 4) is 5.69 Å². The number of benzene rings is 1. The summed E-state index contributed by atoms with van der Waals surface area (Å²) >= 11 is 0. The third-order valence-corrected chi connectivity index (χ3v) is 8.16. The summed E-state index contributed by atoms with van der Waals surface area (Å²) < 4.78 is 14.1. The highest BCUT2D eigenvalue weighted by molar-refractivity contribution is 6.00. The van der Waals surface area contributed by atoms with Gasteiger partial charge in [-0.3, -0.25) is 23.6 Å². The molecular formula is C35H50FN9O12. The molecule has 314 valence electrons. The van der Waals surface area contributed by atoms with Crippen LogP contribution in [0.1, 0.15) is 97.0 Å². The lowest BCUT2D eigenvalue weighted by Crippen LogP contribution is -2.46. The Morgan fingerprint density at radius 1 is 0.614 bits per heavy atom. The van der Waals surface area contributed by atoms with Gasteiger partial charge in [0.1, 0.15) is 12.1 Å². The second-order valence-corrected chi connectivity index (χ2v) is 12.8. The minimum atomic E-state index is -1.35. The van der Waals surface area contributed by atoms with Crippen LogP contribution in [-0.4, -0.2) is 128 Å². The minimum Gasteiger partial charge on any atom is -0.481 e. The number of unbranched alkanes of at least 4 members (excludes halogenated alkanes) is 4. The lowest BCUT2D eigenvalue weighted by Gasteiger charge is -2.14. The topological polar surface area (TPSA) is 320 Å². The normalized spacial score (nSPS) is 11.7. The first-order valence-corrected chi connectivity index (χ1v) is 18.4. The van der Waals surface area contributed by atoms with E-state index in [4.69, 9.17) is 20.4 Å². The van der Waals surface area contributed by atoms with Crippen molar-refractivity contribution < 1.29 is 63.2 Å². The highest BCUT2D eigenvalue weighted by Gasteiger charge is 2.22. The third kappa shape index (κ3) is 19.2. The number of carbonyl (C=O) groups is 8. The molecule has 0 bridgehead atoms. The number of amides is 6. The van der Waals surface area contributed by atoms with Crippen LogP contribution >= 0.6 is 0 Å². The van der Waals surface area contributed by atoms with Crippen molar-refractivity contribution in [3.63, 3.8) is 0 Å². The fourth-order valence-corrected chi connectivity index (χ4v) is 5.13. The summed E-state index contributed by atoms with van der Waals surface area (Å²) in [7, 11) is 0. The number of nitrogens with one attached hydrogen (secondary N) is 6. The van der Waals surface area contributed by atoms with E-state index in [2.05, 4.69) is 42.2 Å². The predicted molar refractivity (Wildman–Crippen MR) is 198 cm³/mol. The summed E-state index contributed by atoms with van der Waals surface area (Å²) in [4.78, 5) is 94.3. The smallest absolute Gasteiger partial charge is 0.326 e. The Labute approximate surface area is 326 Å². The standard InChI is InChI=1S/C35H50FN9O12/c36-13-7-8-24-21-45(44-43-24)25-19-22(30(50)37-14-3-1-5-16-39-34(56)41-26(32(52)53)9-11-28(46)47)18-23(20-25)31(51)38-15-4-2-6-17-40-35(57)42-27(33(54)55)10-12-29(48)49/h18-21,26-27H,1-17H2,(H,37,50)(H,38,51)(H,46,47)(H,48,49)(H,52,53)(H,54,55)(H2,39,41,56)(H2,40,42,57)/t26-,27?/m0/s1. The Morgan fingerprint density at radius 2 is 1.05 bits per heavy atom. The van der Waals surface area contributed by atoms with Crippen LogP contribution in [0.3, 0.4) is 0 Å². The number of alkyl halides is 1. The summed E-state index contributed by atoms with van der Waals surface area (Å²) in [5.41, 5.74) is 1.20. The summed E-state index contributed by atoms with van der Waals surface area (Å²) in [6.07, 6.45) is 4.02. The average molecular weight is 808 g/mol. The fourth-order valence-electron chi connectivity index (χ4n) is 5.13. The number of aliphatic carboxylic acids is 4. The van der Waals surface area contributed by atoms with Gasteiger partial charge in [-0.1, -0.05) is 5.21 Å². The van der Waals surface area contributed by atoms with Crippen molar-refractivity contribution in [2.24, 2.45) is 0 Å². The van der Waals surface area contributed by atoms with Gasteiger partial charge in [-0.05, 0) is 82.4 Å². The van der Waals surface area contributed by atoms with Gasteiger partial charge in [0.25, 0.3) is 11.8 Å². The van der Waals surface area contributed by atoms with Gasteiger partial charge in [0, 0.05) is 50.1 Å². The number of urea groups is 2. The van der Waals surface area contributed by atoms with E-state index >= 15 is 0 Å². The number of rotatable bonds is 28.